The molecule has 1 aromatic heterocycles. The van der Waals surface area contributed by atoms with Crippen LogP contribution in [0.1, 0.15) is 11.1 Å². The average molecular weight is 239 g/mol. The number of nitrogens with one attached hydrogen (secondary N) is 1. The van der Waals surface area contributed by atoms with Crippen molar-refractivity contribution in [2.75, 3.05) is 14.1 Å². The van der Waals surface area contributed by atoms with Gasteiger partial charge in [0.2, 0.25) is 0 Å². The molecule has 0 aliphatic rings. The third kappa shape index (κ3) is 2.40. The Bertz CT molecular complexity index is 612. The second-order valence-corrected chi connectivity index (χ2v) is 4.14. The number of aromatic nitrogens is 1. The minimum Gasteiger partial charge on any atom is -0.393 e. The zero-order valence-corrected chi connectivity index (χ0v) is 10.9. The van der Waals surface area contributed by atoms with Crippen LogP contribution in [0.3, 0.4) is 0 Å². The van der Waals surface area contributed by atoms with Crippen LogP contribution in [0.15, 0.2) is 41.7 Å². The van der Waals surface area contributed by atoms with Gasteiger partial charge in [-0.2, -0.15) is 0 Å². The highest BCUT2D eigenvalue weighted by Crippen LogP contribution is 2.20. The molecule has 1 aromatic carbocycles. The van der Waals surface area contributed by atoms with Crippen LogP contribution in [0.5, 0.6) is 0 Å². The van der Waals surface area contributed by atoms with E-state index >= 15 is 0 Å². The summed E-state index contributed by atoms with van der Waals surface area (Å²) in [4.78, 5) is 8.57. The lowest BCUT2D eigenvalue weighted by atomic mass is 10.0. The van der Waals surface area contributed by atoms with Gasteiger partial charge in [-0.05, 0) is 24.6 Å². The molecule has 0 unspecified atom stereocenters. The zero-order chi connectivity index (χ0) is 13.0. The van der Waals surface area contributed by atoms with Crippen molar-refractivity contribution >= 4 is 22.7 Å². The van der Waals surface area contributed by atoms with E-state index in [9.17, 15) is 0 Å². The molecule has 18 heavy (non-hydrogen) atoms. The number of nitrogens with zero attached hydrogens (tertiary/aromatic N) is 2. The van der Waals surface area contributed by atoms with Gasteiger partial charge in [-0.15, -0.1) is 0 Å². The van der Waals surface area contributed by atoms with E-state index < -0.39 is 0 Å². The van der Waals surface area contributed by atoms with E-state index in [0.29, 0.717) is 0 Å². The van der Waals surface area contributed by atoms with Crippen LogP contribution in [-0.2, 0) is 0 Å². The van der Waals surface area contributed by atoms with Crippen LogP contribution in [0.25, 0.3) is 16.5 Å². The summed E-state index contributed by atoms with van der Waals surface area (Å²) >= 11 is 0. The monoisotopic (exact) mass is 239 g/mol. The zero-order valence-electron chi connectivity index (χ0n) is 10.9. The van der Waals surface area contributed by atoms with E-state index in [1.807, 2.05) is 37.8 Å². The van der Waals surface area contributed by atoms with Gasteiger partial charge >= 0.3 is 0 Å². The van der Waals surface area contributed by atoms with Crippen molar-refractivity contribution < 1.29 is 0 Å². The highest BCUT2D eigenvalue weighted by Gasteiger charge is 2.03. The quantitative estimate of drug-likeness (QED) is 0.836. The molecule has 0 atom stereocenters. The fourth-order valence-corrected chi connectivity index (χ4v) is 1.94. The summed E-state index contributed by atoms with van der Waals surface area (Å²) in [5, 5.41) is 4.21. The largest absolute Gasteiger partial charge is 0.393 e. The minimum atomic E-state index is 1.02. The third-order valence-electron chi connectivity index (χ3n) is 2.85. The molecule has 3 heteroatoms. The third-order valence-corrected chi connectivity index (χ3v) is 2.85. The van der Waals surface area contributed by atoms with Crippen LogP contribution in [0.2, 0.25) is 0 Å². The number of hydrogen-bond acceptors (Lipinski definition) is 3. The summed E-state index contributed by atoms with van der Waals surface area (Å²) in [6.07, 6.45) is 5.64. The fraction of sp³-hybridized carbons (Fsp3) is 0.200. The molecule has 3 nitrogen and oxygen atoms in total. The maximum absolute atomic E-state index is 4.50. The lowest BCUT2D eigenvalue weighted by molar-refractivity contribution is 1.11. The first-order valence-corrected chi connectivity index (χ1v) is 5.91. The highest BCUT2D eigenvalue weighted by atomic mass is 14.8. The molecule has 0 spiro atoms. The Labute approximate surface area is 107 Å². The van der Waals surface area contributed by atoms with Gasteiger partial charge < -0.3 is 5.32 Å². The van der Waals surface area contributed by atoms with Crippen LogP contribution >= 0.6 is 0 Å². The van der Waals surface area contributed by atoms with Crippen molar-refractivity contribution in [3.63, 3.8) is 0 Å². The summed E-state index contributed by atoms with van der Waals surface area (Å²) in [5.41, 5.74) is 4.35. The van der Waals surface area contributed by atoms with Crippen molar-refractivity contribution in [1.82, 2.24) is 10.3 Å². The topological polar surface area (TPSA) is 37.3 Å². The van der Waals surface area contributed by atoms with E-state index in [4.69, 9.17) is 0 Å². The molecule has 92 valence electrons. The molecule has 0 saturated heterocycles. The van der Waals surface area contributed by atoms with Crippen LogP contribution in [0, 0.1) is 6.92 Å². The first kappa shape index (κ1) is 12.3. The van der Waals surface area contributed by atoms with Crippen molar-refractivity contribution in [1.29, 1.82) is 0 Å². The van der Waals surface area contributed by atoms with Crippen LogP contribution in [-0.4, -0.2) is 25.3 Å². The normalized spacial score (nSPS) is 12.3. The number of hydrogen-bond donors (Lipinski definition) is 1. The van der Waals surface area contributed by atoms with E-state index in [0.717, 1.165) is 16.7 Å². The van der Waals surface area contributed by atoms with Crippen molar-refractivity contribution in [2.24, 2.45) is 4.99 Å². The number of rotatable bonds is 3. The van der Waals surface area contributed by atoms with Gasteiger partial charge in [0.05, 0.1) is 5.52 Å². The summed E-state index contributed by atoms with van der Waals surface area (Å²) in [6.45, 7) is 2.10. The van der Waals surface area contributed by atoms with Gasteiger partial charge in [-0.1, -0.05) is 12.1 Å². The summed E-state index contributed by atoms with van der Waals surface area (Å²) in [5.74, 6) is 0. The molecule has 2 aromatic rings. The molecular weight excluding hydrogens is 222 g/mol. The van der Waals surface area contributed by atoms with Gasteiger partial charge in [0, 0.05) is 49.2 Å². The first-order chi connectivity index (χ1) is 8.76. The van der Waals surface area contributed by atoms with Crippen LogP contribution < -0.4 is 5.32 Å². The Balaban J connectivity index is 2.58. The molecule has 2 rings (SSSR count). The molecule has 1 N–H and O–H groups in total. The second-order valence-electron chi connectivity index (χ2n) is 4.14. The SMILES string of the molecule is CN=C/C(=C\NC)c1cnc2cccc(C)c2c1. The Kier molecular flexibility index (Phi) is 3.72. The predicted octanol–water partition coefficient (Wildman–Crippen LogP) is 2.80. The lowest BCUT2D eigenvalue weighted by Crippen LogP contribution is -1.98. The first-order valence-electron chi connectivity index (χ1n) is 5.91. The van der Waals surface area contributed by atoms with Crippen molar-refractivity contribution in [3.8, 4) is 0 Å². The molecule has 0 radical (unpaired) electrons. The number of benzene rings is 1. The molecular formula is C15H17N3. The van der Waals surface area contributed by atoms with E-state index in [1.54, 1.807) is 7.05 Å². The number of aryl methyl sites for hydroxylation is 1. The van der Waals surface area contributed by atoms with Gasteiger partial charge in [-0.25, -0.2) is 0 Å². The molecule has 0 bridgehead atoms. The summed E-state index contributed by atoms with van der Waals surface area (Å²) < 4.78 is 0. The van der Waals surface area contributed by atoms with Crippen molar-refractivity contribution in [3.05, 3.63) is 47.8 Å². The average Bonchev–Trinajstić information content (AvgIpc) is 2.39. The molecule has 0 aliphatic heterocycles. The van der Waals surface area contributed by atoms with Crippen molar-refractivity contribution in [2.45, 2.75) is 6.92 Å². The van der Waals surface area contributed by atoms with E-state index in [-0.39, 0.29) is 0 Å². The Morgan fingerprint density at radius 3 is 2.94 bits per heavy atom. The van der Waals surface area contributed by atoms with E-state index in [1.165, 1.54) is 10.9 Å². The molecule has 0 saturated carbocycles. The Hall–Kier alpha value is -2.16. The van der Waals surface area contributed by atoms with Gasteiger partial charge in [-0.3, -0.25) is 9.98 Å². The maximum atomic E-state index is 4.50. The van der Waals surface area contributed by atoms with Crippen LogP contribution in [0.4, 0.5) is 0 Å². The Morgan fingerprint density at radius 2 is 2.22 bits per heavy atom. The minimum absolute atomic E-state index is 1.02. The lowest BCUT2D eigenvalue weighted by Gasteiger charge is -2.06. The molecule has 0 fully saturated rings. The fourth-order valence-electron chi connectivity index (χ4n) is 1.94. The molecule has 0 aliphatic carbocycles. The second kappa shape index (κ2) is 5.45. The number of fused-ring (bicyclic) bond motifs is 1. The summed E-state index contributed by atoms with van der Waals surface area (Å²) in [6, 6.07) is 8.31. The maximum Gasteiger partial charge on any atom is 0.0705 e. The smallest absolute Gasteiger partial charge is 0.0705 e. The Morgan fingerprint density at radius 1 is 1.39 bits per heavy atom. The predicted molar refractivity (Wildman–Crippen MR) is 77.9 cm³/mol. The van der Waals surface area contributed by atoms with Gasteiger partial charge in [0.1, 0.15) is 0 Å². The number of aliphatic imine (C=N–C) groups is 1. The molecule has 0 amide bonds. The van der Waals surface area contributed by atoms with Gasteiger partial charge in [0.15, 0.2) is 0 Å². The number of pyridine rings is 1. The highest BCUT2D eigenvalue weighted by molar-refractivity contribution is 6.10. The van der Waals surface area contributed by atoms with Gasteiger partial charge in [0.25, 0.3) is 0 Å². The standard InChI is InChI=1S/C15H17N3/c1-11-5-4-6-15-14(11)7-12(10-18-15)13(8-16-2)9-17-3/h4-10,16H,1-3H3/b13-8+,17-9?. The van der Waals surface area contributed by atoms with E-state index in [2.05, 4.69) is 34.3 Å². The molecule has 1 heterocycles. The summed E-state index contributed by atoms with van der Waals surface area (Å²) in [7, 11) is 3.65. The number of allylic oxidation sites excluding steroid dienone is 1.